The predicted molar refractivity (Wildman–Crippen MR) is 78.6 cm³/mol. The van der Waals surface area contributed by atoms with Crippen molar-refractivity contribution in [3.63, 3.8) is 0 Å². The number of carbonyl (C=O) groups is 2. The van der Waals surface area contributed by atoms with Crippen LogP contribution < -0.4 is 0 Å². The standard InChI is InChI=1S/C14H19BrN2O3/c1-3-16-8-11(15)5-12(16)13(18)17-6-9(2)4-10(7-17)14(19)20/h5,8-10H,3-4,6-7H2,1-2H3,(H,19,20). The molecule has 0 bridgehead atoms. The van der Waals surface area contributed by atoms with E-state index in [0.29, 0.717) is 31.7 Å². The molecule has 1 saturated heterocycles. The lowest BCUT2D eigenvalue weighted by atomic mass is 9.90. The first-order valence-electron chi connectivity index (χ1n) is 6.80. The fourth-order valence-corrected chi connectivity index (χ4v) is 3.24. The van der Waals surface area contributed by atoms with E-state index in [1.807, 2.05) is 24.6 Å². The average Bonchev–Trinajstić information content (AvgIpc) is 2.78. The van der Waals surface area contributed by atoms with Gasteiger partial charge < -0.3 is 14.6 Å². The summed E-state index contributed by atoms with van der Waals surface area (Å²) in [6.07, 6.45) is 2.51. The molecule has 1 aliphatic rings. The maximum Gasteiger partial charge on any atom is 0.308 e. The summed E-state index contributed by atoms with van der Waals surface area (Å²) < 4.78 is 2.74. The maximum absolute atomic E-state index is 12.6. The van der Waals surface area contributed by atoms with E-state index in [1.165, 1.54) is 0 Å². The van der Waals surface area contributed by atoms with Gasteiger partial charge in [0.15, 0.2) is 0 Å². The van der Waals surface area contributed by atoms with Gasteiger partial charge >= 0.3 is 5.97 Å². The van der Waals surface area contributed by atoms with Crippen molar-refractivity contribution in [1.82, 2.24) is 9.47 Å². The van der Waals surface area contributed by atoms with E-state index in [9.17, 15) is 14.7 Å². The van der Waals surface area contributed by atoms with E-state index in [0.717, 1.165) is 4.47 Å². The number of rotatable bonds is 3. The van der Waals surface area contributed by atoms with Gasteiger partial charge in [-0.2, -0.15) is 0 Å². The number of carboxylic acids is 1. The lowest BCUT2D eigenvalue weighted by Crippen LogP contribution is -2.46. The van der Waals surface area contributed by atoms with Gasteiger partial charge in [-0.05, 0) is 41.3 Å². The predicted octanol–water partition coefficient (Wildman–Crippen LogP) is 2.45. The first kappa shape index (κ1) is 15.1. The Morgan fingerprint density at radius 3 is 2.75 bits per heavy atom. The fourth-order valence-electron chi connectivity index (χ4n) is 2.77. The first-order chi connectivity index (χ1) is 9.42. The third-order valence-corrected chi connectivity index (χ3v) is 4.15. The van der Waals surface area contributed by atoms with Gasteiger partial charge in [-0.3, -0.25) is 9.59 Å². The summed E-state index contributed by atoms with van der Waals surface area (Å²) in [6.45, 7) is 5.59. The molecule has 2 unspecified atom stereocenters. The van der Waals surface area contributed by atoms with Crippen LogP contribution in [0.2, 0.25) is 0 Å². The van der Waals surface area contributed by atoms with E-state index >= 15 is 0 Å². The Morgan fingerprint density at radius 2 is 2.15 bits per heavy atom. The maximum atomic E-state index is 12.6. The van der Waals surface area contributed by atoms with Gasteiger partial charge in [0, 0.05) is 30.3 Å². The molecule has 1 aromatic heterocycles. The summed E-state index contributed by atoms with van der Waals surface area (Å²) in [5.41, 5.74) is 0.609. The normalized spacial score (nSPS) is 22.9. The molecule has 2 heterocycles. The molecule has 0 saturated carbocycles. The molecule has 1 amide bonds. The Morgan fingerprint density at radius 1 is 1.45 bits per heavy atom. The van der Waals surface area contributed by atoms with Crippen LogP contribution in [0.15, 0.2) is 16.7 Å². The van der Waals surface area contributed by atoms with Crippen molar-refractivity contribution in [3.8, 4) is 0 Å². The van der Waals surface area contributed by atoms with Crippen molar-refractivity contribution in [2.45, 2.75) is 26.8 Å². The second kappa shape index (κ2) is 5.99. The summed E-state index contributed by atoms with van der Waals surface area (Å²) in [5.74, 6) is -1.16. The van der Waals surface area contributed by atoms with Crippen molar-refractivity contribution in [3.05, 3.63) is 22.4 Å². The number of carboxylic acid groups (broad SMARTS) is 1. The molecule has 2 atom stereocenters. The molecule has 1 aliphatic heterocycles. The van der Waals surface area contributed by atoms with Crippen LogP contribution in [0.3, 0.4) is 0 Å². The largest absolute Gasteiger partial charge is 0.481 e. The molecule has 0 aliphatic carbocycles. The molecule has 6 heteroatoms. The number of hydrogen-bond donors (Lipinski definition) is 1. The summed E-state index contributed by atoms with van der Waals surface area (Å²) >= 11 is 3.38. The number of carbonyl (C=O) groups excluding carboxylic acids is 1. The SMILES string of the molecule is CCn1cc(Br)cc1C(=O)N1CC(C)CC(C(=O)O)C1. The minimum Gasteiger partial charge on any atom is -0.481 e. The lowest BCUT2D eigenvalue weighted by molar-refractivity contribution is -0.143. The van der Waals surface area contributed by atoms with E-state index in [2.05, 4.69) is 15.9 Å². The van der Waals surface area contributed by atoms with Gasteiger partial charge in [0.05, 0.1) is 5.92 Å². The van der Waals surface area contributed by atoms with Crippen LogP contribution in [0.4, 0.5) is 0 Å². The van der Waals surface area contributed by atoms with Gasteiger partial charge in [-0.15, -0.1) is 0 Å². The molecule has 0 aromatic carbocycles. The van der Waals surface area contributed by atoms with Gasteiger partial charge in [0.25, 0.3) is 5.91 Å². The topological polar surface area (TPSA) is 62.5 Å². The zero-order valence-corrected chi connectivity index (χ0v) is 13.3. The van der Waals surface area contributed by atoms with Crippen LogP contribution in [0.5, 0.6) is 0 Å². The molecular formula is C14H19BrN2O3. The first-order valence-corrected chi connectivity index (χ1v) is 7.59. The molecule has 1 fully saturated rings. The fraction of sp³-hybridized carbons (Fsp3) is 0.571. The van der Waals surface area contributed by atoms with Crippen LogP contribution in [0.1, 0.15) is 30.8 Å². The number of nitrogens with zero attached hydrogens (tertiary/aromatic N) is 2. The number of aryl methyl sites for hydroxylation is 1. The van der Waals surface area contributed by atoms with E-state index in [-0.39, 0.29) is 11.8 Å². The van der Waals surface area contributed by atoms with Crippen molar-refractivity contribution in [2.24, 2.45) is 11.8 Å². The third kappa shape index (κ3) is 3.06. The van der Waals surface area contributed by atoms with Crippen LogP contribution in [-0.2, 0) is 11.3 Å². The Kier molecular flexibility index (Phi) is 4.52. The molecule has 0 radical (unpaired) electrons. The molecular weight excluding hydrogens is 324 g/mol. The molecule has 0 spiro atoms. The quantitative estimate of drug-likeness (QED) is 0.917. The van der Waals surface area contributed by atoms with Crippen molar-refractivity contribution < 1.29 is 14.7 Å². The highest BCUT2D eigenvalue weighted by Gasteiger charge is 2.33. The number of amides is 1. The van der Waals surface area contributed by atoms with Gasteiger partial charge in [0.2, 0.25) is 0 Å². The van der Waals surface area contributed by atoms with E-state index < -0.39 is 11.9 Å². The summed E-state index contributed by atoms with van der Waals surface area (Å²) in [6, 6.07) is 1.79. The number of halogens is 1. The average molecular weight is 343 g/mol. The van der Waals surface area contributed by atoms with Crippen LogP contribution in [0, 0.1) is 11.8 Å². The number of aromatic nitrogens is 1. The Balaban J connectivity index is 2.21. The highest BCUT2D eigenvalue weighted by Crippen LogP contribution is 2.24. The van der Waals surface area contributed by atoms with E-state index in [4.69, 9.17) is 0 Å². The second-order valence-corrected chi connectivity index (χ2v) is 6.33. The van der Waals surface area contributed by atoms with Crippen molar-refractivity contribution in [1.29, 1.82) is 0 Å². The molecule has 1 N–H and O–H groups in total. The number of likely N-dealkylation sites (tertiary alicyclic amines) is 1. The minimum atomic E-state index is -0.818. The minimum absolute atomic E-state index is 0.0876. The zero-order valence-electron chi connectivity index (χ0n) is 11.7. The van der Waals surface area contributed by atoms with Crippen molar-refractivity contribution in [2.75, 3.05) is 13.1 Å². The van der Waals surface area contributed by atoms with Crippen LogP contribution in [-0.4, -0.2) is 39.5 Å². The Hall–Kier alpha value is -1.30. The van der Waals surface area contributed by atoms with Crippen LogP contribution in [0.25, 0.3) is 0 Å². The van der Waals surface area contributed by atoms with Gasteiger partial charge in [0.1, 0.15) is 5.69 Å². The smallest absolute Gasteiger partial charge is 0.308 e. The number of piperidine rings is 1. The highest BCUT2D eigenvalue weighted by atomic mass is 79.9. The van der Waals surface area contributed by atoms with Crippen LogP contribution >= 0.6 is 15.9 Å². The summed E-state index contributed by atoms with van der Waals surface area (Å²) in [5, 5.41) is 9.18. The molecule has 110 valence electrons. The molecule has 5 nitrogen and oxygen atoms in total. The monoisotopic (exact) mass is 342 g/mol. The van der Waals surface area contributed by atoms with Crippen molar-refractivity contribution >= 4 is 27.8 Å². The third-order valence-electron chi connectivity index (χ3n) is 3.72. The van der Waals surface area contributed by atoms with Gasteiger partial charge in [-0.1, -0.05) is 6.92 Å². The molecule has 20 heavy (non-hydrogen) atoms. The zero-order chi connectivity index (χ0) is 14.9. The summed E-state index contributed by atoms with van der Waals surface area (Å²) in [7, 11) is 0. The number of aliphatic carboxylic acids is 1. The number of hydrogen-bond acceptors (Lipinski definition) is 2. The van der Waals surface area contributed by atoms with E-state index in [1.54, 1.807) is 11.0 Å². The Bertz CT molecular complexity index is 526. The second-order valence-electron chi connectivity index (χ2n) is 5.42. The Labute approximate surface area is 126 Å². The molecule has 2 rings (SSSR count). The summed E-state index contributed by atoms with van der Waals surface area (Å²) in [4.78, 5) is 25.4. The van der Waals surface area contributed by atoms with Gasteiger partial charge in [-0.25, -0.2) is 0 Å². The molecule has 1 aromatic rings. The highest BCUT2D eigenvalue weighted by molar-refractivity contribution is 9.10. The lowest BCUT2D eigenvalue weighted by Gasteiger charge is -2.34.